The molecule has 0 aromatic carbocycles. The van der Waals surface area contributed by atoms with Crippen molar-refractivity contribution in [2.75, 3.05) is 13.6 Å². The number of carboxylic acid groups (broad SMARTS) is 1. The molecule has 16 heavy (non-hydrogen) atoms. The molecule has 1 aromatic rings. The predicted octanol–water partition coefficient (Wildman–Crippen LogP) is 0.880. The SMILES string of the molecule is CN(CCc1cc[nH]c1)C(=O)CCC(=O)O. The van der Waals surface area contributed by atoms with Crippen LogP contribution in [0.15, 0.2) is 18.5 Å². The van der Waals surface area contributed by atoms with E-state index in [1.54, 1.807) is 11.9 Å². The number of nitrogens with one attached hydrogen (secondary N) is 1. The van der Waals surface area contributed by atoms with Gasteiger partial charge in [0.15, 0.2) is 0 Å². The van der Waals surface area contributed by atoms with E-state index in [0.717, 1.165) is 12.0 Å². The van der Waals surface area contributed by atoms with Gasteiger partial charge in [0.25, 0.3) is 0 Å². The Balaban J connectivity index is 2.26. The molecule has 0 aliphatic carbocycles. The van der Waals surface area contributed by atoms with Crippen LogP contribution < -0.4 is 0 Å². The smallest absolute Gasteiger partial charge is 0.303 e. The summed E-state index contributed by atoms with van der Waals surface area (Å²) in [6.45, 7) is 0.607. The summed E-state index contributed by atoms with van der Waals surface area (Å²) in [6.07, 6.45) is 4.46. The summed E-state index contributed by atoms with van der Waals surface area (Å²) < 4.78 is 0. The highest BCUT2D eigenvalue weighted by Gasteiger charge is 2.10. The third-order valence-electron chi connectivity index (χ3n) is 2.38. The van der Waals surface area contributed by atoms with E-state index in [-0.39, 0.29) is 18.7 Å². The number of H-pyrrole nitrogens is 1. The van der Waals surface area contributed by atoms with Crippen LogP contribution in [0.5, 0.6) is 0 Å². The van der Waals surface area contributed by atoms with Gasteiger partial charge in [-0.3, -0.25) is 9.59 Å². The molecule has 5 heteroatoms. The van der Waals surface area contributed by atoms with Crippen LogP contribution in [0.4, 0.5) is 0 Å². The summed E-state index contributed by atoms with van der Waals surface area (Å²) in [5.74, 6) is -1.06. The van der Waals surface area contributed by atoms with E-state index >= 15 is 0 Å². The number of aromatic amines is 1. The second-order valence-corrected chi connectivity index (χ2v) is 3.68. The molecule has 0 spiro atoms. The van der Waals surface area contributed by atoms with Gasteiger partial charge in [0.05, 0.1) is 6.42 Å². The van der Waals surface area contributed by atoms with Crippen LogP contribution in [-0.2, 0) is 16.0 Å². The maximum Gasteiger partial charge on any atom is 0.303 e. The van der Waals surface area contributed by atoms with Gasteiger partial charge >= 0.3 is 5.97 Å². The molecule has 1 rings (SSSR count). The molecule has 0 fully saturated rings. The molecule has 88 valence electrons. The van der Waals surface area contributed by atoms with Crippen LogP contribution in [-0.4, -0.2) is 40.5 Å². The average molecular weight is 224 g/mol. The van der Waals surface area contributed by atoms with Gasteiger partial charge in [0.2, 0.25) is 5.91 Å². The van der Waals surface area contributed by atoms with Gasteiger partial charge in [0.1, 0.15) is 0 Å². The number of carboxylic acids is 1. The van der Waals surface area contributed by atoms with Crippen molar-refractivity contribution in [3.05, 3.63) is 24.0 Å². The van der Waals surface area contributed by atoms with Crippen LogP contribution in [0.1, 0.15) is 18.4 Å². The normalized spacial score (nSPS) is 10.1. The van der Waals surface area contributed by atoms with Crippen molar-refractivity contribution in [1.82, 2.24) is 9.88 Å². The molecule has 0 aliphatic heterocycles. The van der Waals surface area contributed by atoms with E-state index in [2.05, 4.69) is 4.98 Å². The van der Waals surface area contributed by atoms with Gasteiger partial charge in [0, 0.05) is 32.4 Å². The third-order valence-corrected chi connectivity index (χ3v) is 2.38. The predicted molar refractivity (Wildman–Crippen MR) is 59.0 cm³/mol. The van der Waals surface area contributed by atoms with E-state index in [4.69, 9.17) is 5.11 Å². The number of aliphatic carboxylic acids is 1. The molecule has 0 atom stereocenters. The number of hydrogen-bond acceptors (Lipinski definition) is 2. The topological polar surface area (TPSA) is 73.4 Å². The highest BCUT2D eigenvalue weighted by molar-refractivity contribution is 5.80. The lowest BCUT2D eigenvalue weighted by atomic mass is 10.2. The monoisotopic (exact) mass is 224 g/mol. The number of carbonyl (C=O) groups excluding carboxylic acids is 1. The highest BCUT2D eigenvalue weighted by atomic mass is 16.4. The van der Waals surface area contributed by atoms with Crippen LogP contribution >= 0.6 is 0 Å². The molecular formula is C11H16N2O3. The second kappa shape index (κ2) is 5.95. The maximum absolute atomic E-state index is 11.5. The summed E-state index contributed by atoms with van der Waals surface area (Å²) in [5, 5.41) is 8.45. The number of likely N-dealkylation sites (N-methyl/N-ethyl adjacent to an activating group) is 1. The largest absolute Gasteiger partial charge is 0.481 e. The zero-order chi connectivity index (χ0) is 12.0. The lowest BCUT2D eigenvalue weighted by Gasteiger charge is -2.16. The minimum atomic E-state index is -0.938. The summed E-state index contributed by atoms with van der Waals surface area (Å²) in [4.78, 5) is 26.3. The zero-order valence-electron chi connectivity index (χ0n) is 9.27. The molecule has 1 amide bonds. The summed E-state index contributed by atoms with van der Waals surface area (Å²) in [6, 6.07) is 1.95. The summed E-state index contributed by atoms with van der Waals surface area (Å²) in [5.41, 5.74) is 1.14. The van der Waals surface area contributed by atoms with E-state index in [1.165, 1.54) is 0 Å². The molecule has 0 radical (unpaired) electrons. The lowest BCUT2D eigenvalue weighted by molar-refractivity contribution is -0.140. The van der Waals surface area contributed by atoms with Crippen LogP contribution in [0.25, 0.3) is 0 Å². The van der Waals surface area contributed by atoms with Crippen molar-refractivity contribution in [3.63, 3.8) is 0 Å². The number of rotatable bonds is 6. The first-order chi connectivity index (χ1) is 7.59. The van der Waals surface area contributed by atoms with Crippen molar-refractivity contribution in [1.29, 1.82) is 0 Å². The quantitative estimate of drug-likeness (QED) is 0.753. The fourth-order valence-electron chi connectivity index (χ4n) is 1.34. The van der Waals surface area contributed by atoms with Crippen molar-refractivity contribution >= 4 is 11.9 Å². The molecule has 0 unspecified atom stereocenters. The van der Waals surface area contributed by atoms with Gasteiger partial charge in [-0.05, 0) is 18.1 Å². The van der Waals surface area contributed by atoms with Crippen molar-refractivity contribution in [2.45, 2.75) is 19.3 Å². The molecule has 0 bridgehead atoms. The highest BCUT2D eigenvalue weighted by Crippen LogP contribution is 2.01. The molecule has 0 saturated carbocycles. The Labute approximate surface area is 94.1 Å². The minimum Gasteiger partial charge on any atom is -0.481 e. The van der Waals surface area contributed by atoms with Crippen LogP contribution in [0, 0.1) is 0 Å². The Kier molecular flexibility index (Phi) is 4.57. The molecule has 2 N–H and O–H groups in total. The van der Waals surface area contributed by atoms with Gasteiger partial charge in [-0.2, -0.15) is 0 Å². The van der Waals surface area contributed by atoms with Crippen LogP contribution in [0.3, 0.4) is 0 Å². The fourth-order valence-corrected chi connectivity index (χ4v) is 1.34. The first kappa shape index (κ1) is 12.3. The van der Waals surface area contributed by atoms with Crippen molar-refractivity contribution in [2.24, 2.45) is 0 Å². The Hall–Kier alpha value is -1.78. The van der Waals surface area contributed by atoms with E-state index in [9.17, 15) is 9.59 Å². The van der Waals surface area contributed by atoms with Crippen LogP contribution in [0.2, 0.25) is 0 Å². The standard InChI is InChI=1S/C11H16N2O3/c1-13(10(14)2-3-11(15)16)7-5-9-4-6-12-8-9/h4,6,8,12H,2-3,5,7H2,1H3,(H,15,16). The summed E-state index contributed by atoms with van der Waals surface area (Å²) in [7, 11) is 1.69. The van der Waals surface area contributed by atoms with Crippen molar-refractivity contribution in [3.8, 4) is 0 Å². The first-order valence-corrected chi connectivity index (χ1v) is 5.17. The zero-order valence-corrected chi connectivity index (χ0v) is 9.27. The van der Waals surface area contributed by atoms with Crippen molar-refractivity contribution < 1.29 is 14.7 Å². The Morgan fingerprint density at radius 3 is 2.75 bits per heavy atom. The number of aromatic nitrogens is 1. The summed E-state index contributed by atoms with van der Waals surface area (Å²) >= 11 is 0. The molecule has 0 aliphatic rings. The van der Waals surface area contributed by atoms with E-state index in [0.29, 0.717) is 6.54 Å². The second-order valence-electron chi connectivity index (χ2n) is 3.68. The number of hydrogen-bond donors (Lipinski definition) is 2. The van der Waals surface area contributed by atoms with Gasteiger partial charge < -0.3 is 15.0 Å². The average Bonchev–Trinajstić information content (AvgIpc) is 2.75. The van der Waals surface area contributed by atoms with E-state index in [1.807, 2.05) is 18.5 Å². The fraction of sp³-hybridized carbons (Fsp3) is 0.455. The molecule has 1 heterocycles. The molecule has 0 saturated heterocycles. The first-order valence-electron chi connectivity index (χ1n) is 5.17. The third kappa shape index (κ3) is 4.16. The lowest BCUT2D eigenvalue weighted by Crippen LogP contribution is -2.29. The van der Waals surface area contributed by atoms with Gasteiger partial charge in [-0.15, -0.1) is 0 Å². The minimum absolute atomic E-state index is 0.0684. The van der Waals surface area contributed by atoms with Gasteiger partial charge in [-0.1, -0.05) is 0 Å². The Morgan fingerprint density at radius 1 is 1.44 bits per heavy atom. The van der Waals surface area contributed by atoms with Gasteiger partial charge in [-0.25, -0.2) is 0 Å². The van der Waals surface area contributed by atoms with E-state index < -0.39 is 5.97 Å². The number of amides is 1. The number of carbonyl (C=O) groups is 2. The molecular weight excluding hydrogens is 208 g/mol. The molecule has 1 aromatic heterocycles. The Bertz CT molecular complexity index is 346. The maximum atomic E-state index is 11.5. The Morgan fingerprint density at radius 2 is 2.19 bits per heavy atom. The number of nitrogens with zero attached hydrogens (tertiary/aromatic N) is 1. The molecule has 5 nitrogen and oxygen atoms in total.